The molecular formula is C12H17N3O5S2. The van der Waals surface area contributed by atoms with E-state index in [4.69, 9.17) is 5.11 Å². The van der Waals surface area contributed by atoms with Crippen molar-refractivity contribution in [3.05, 3.63) is 16.1 Å². The van der Waals surface area contributed by atoms with Crippen LogP contribution >= 0.6 is 11.3 Å². The third kappa shape index (κ3) is 4.02. The number of aromatic carboxylic acids is 1. The summed E-state index contributed by atoms with van der Waals surface area (Å²) >= 11 is 1.13. The van der Waals surface area contributed by atoms with E-state index in [1.807, 2.05) is 0 Å². The summed E-state index contributed by atoms with van der Waals surface area (Å²) in [5.41, 5.74) is -0.0651. The van der Waals surface area contributed by atoms with E-state index in [9.17, 15) is 18.0 Å². The van der Waals surface area contributed by atoms with Crippen molar-refractivity contribution in [3.63, 3.8) is 0 Å². The van der Waals surface area contributed by atoms with Crippen molar-refractivity contribution >= 4 is 33.2 Å². The molecule has 8 nitrogen and oxygen atoms in total. The van der Waals surface area contributed by atoms with Gasteiger partial charge in [-0.25, -0.2) is 18.2 Å². The SMILES string of the molecule is CS(=O)(=O)N1CCCCC1C(=O)NCc1nc(C(=O)O)cs1. The van der Waals surface area contributed by atoms with E-state index >= 15 is 0 Å². The molecule has 0 bridgehead atoms. The van der Waals surface area contributed by atoms with Gasteiger partial charge >= 0.3 is 5.97 Å². The Morgan fingerprint density at radius 1 is 1.50 bits per heavy atom. The lowest BCUT2D eigenvalue weighted by atomic mass is 10.0. The Bertz CT molecular complexity index is 670. The fourth-order valence-corrected chi connectivity index (χ4v) is 4.17. The van der Waals surface area contributed by atoms with E-state index in [0.29, 0.717) is 18.0 Å². The van der Waals surface area contributed by atoms with Crippen LogP contribution in [-0.4, -0.2) is 53.5 Å². The van der Waals surface area contributed by atoms with Crippen LogP contribution < -0.4 is 5.32 Å². The summed E-state index contributed by atoms with van der Waals surface area (Å²) in [6.07, 6.45) is 3.12. The molecule has 1 aliphatic rings. The monoisotopic (exact) mass is 347 g/mol. The van der Waals surface area contributed by atoms with Crippen LogP contribution in [-0.2, 0) is 21.4 Å². The number of amides is 1. The molecule has 0 aromatic carbocycles. The smallest absolute Gasteiger partial charge is 0.355 e. The van der Waals surface area contributed by atoms with Gasteiger partial charge in [-0.15, -0.1) is 11.3 Å². The number of hydrogen-bond acceptors (Lipinski definition) is 6. The number of carboxylic acid groups (broad SMARTS) is 1. The molecule has 0 spiro atoms. The first kappa shape index (κ1) is 16.8. The first-order chi connectivity index (χ1) is 10.3. The maximum absolute atomic E-state index is 12.2. The van der Waals surface area contributed by atoms with Gasteiger partial charge in [0.2, 0.25) is 15.9 Å². The summed E-state index contributed by atoms with van der Waals surface area (Å²) in [5, 5.41) is 13.3. The molecule has 1 saturated heterocycles. The van der Waals surface area contributed by atoms with Crippen molar-refractivity contribution in [2.75, 3.05) is 12.8 Å². The second-order valence-electron chi connectivity index (χ2n) is 5.03. The van der Waals surface area contributed by atoms with Crippen LogP contribution in [0.3, 0.4) is 0 Å². The van der Waals surface area contributed by atoms with Gasteiger partial charge in [0.05, 0.1) is 12.8 Å². The molecule has 2 rings (SSSR count). The minimum absolute atomic E-state index is 0.0651. The maximum atomic E-state index is 12.2. The molecule has 1 aliphatic heterocycles. The minimum atomic E-state index is -3.43. The highest BCUT2D eigenvalue weighted by atomic mass is 32.2. The van der Waals surface area contributed by atoms with Crippen LogP contribution in [0.4, 0.5) is 0 Å². The number of rotatable bonds is 5. The highest BCUT2D eigenvalue weighted by molar-refractivity contribution is 7.88. The lowest BCUT2D eigenvalue weighted by Crippen LogP contribution is -2.51. The molecule has 1 aromatic heterocycles. The van der Waals surface area contributed by atoms with Gasteiger partial charge < -0.3 is 10.4 Å². The maximum Gasteiger partial charge on any atom is 0.355 e. The summed E-state index contributed by atoms with van der Waals surface area (Å²) in [6, 6.07) is -0.706. The van der Waals surface area contributed by atoms with Crippen LogP contribution in [0.5, 0.6) is 0 Å². The standard InChI is InChI=1S/C12H17N3O5S2/c1-22(19,20)15-5-3-2-4-9(15)11(16)13-6-10-14-8(7-21-10)12(17)18/h7,9H,2-6H2,1H3,(H,13,16)(H,17,18). The van der Waals surface area contributed by atoms with Gasteiger partial charge in [-0.2, -0.15) is 4.31 Å². The van der Waals surface area contributed by atoms with Crippen LogP contribution in [0.15, 0.2) is 5.38 Å². The van der Waals surface area contributed by atoms with Crippen molar-refractivity contribution in [1.82, 2.24) is 14.6 Å². The van der Waals surface area contributed by atoms with Crippen molar-refractivity contribution in [1.29, 1.82) is 0 Å². The average molecular weight is 347 g/mol. The van der Waals surface area contributed by atoms with Crippen molar-refractivity contribution < 1.29 is 23.1 Å². The third-order valence-electron chi connectivity index (χ3n) is 3.37. The second kappa shape index (κ2) is 6.71. The van der Waals surface area contributed by atoms with Gasteiger partial charge in [0.1, 0.15) is 11.0 Å². The largest absolute Gasteiger partial charge is 0.476 e. The van der Waals surface area contributed by atoms with Gasteiger partial charge in [0.15, 0.2) is 5.69 Å². The highest BCUT2D eigenvalue weighted by Crippen LogP contribution is 2.20. The molecule has 122 valence electrons. The van der Waals surface area contributed by atoms with Crippen molar-refractivity contribution in [2.24, 2.45) is 0 Å². The van der Waals surface area contributed by atoms with E-state index in [0.717, 1.165) is 30.4 Å². The number of aromatic nitrogens is 1. The molecule has 1 unspecified atom stereocenters. The van der Waals surface area contributed by atoms with E-state index in [-0.39, 0.29) is 18.1 Å². The van der Waals surface area contributed by atoms with E-state index < -0.39 is 22.0 Å². The number of carboxylic acids is 1. The summed E-state index contributed by atoms with van der Waals surface area (Å²) in [5.74, 6) is -1.50. The Morgan fingerprint density at radius 3 is 2.82 bits per heavy atom. The molecule has 2 N–H and O–H groups in total. The first-order valence-corrected chi connectivity index (χ1v) is 9.44. The lowest BCUT2D eigenvalue weighted by Gasteiger charge is -2.32. The zero-order valence-corrected chi connectivity index (χ0v) is 13.6. The number of nitrogens with one attached hydrogen (secondary N) is 1. The number of hydrogen-bond donors (Lipinski definition) is 2. The van der Waals surface area contributed by atoms with Crippen molar-refractivity contribution in [3.8, 4) is 0 Å². The highest BCUT2D eigenvalue weighted by Gasteiger charge is 2.34. The Hall–Kier alpha value is -1.52. The second-order valence-corrected chi connectivity index (χ2v) is 7.91. The van der Waals surface area contributed by atoms with Gasteiger partial charge in [-0.05, 0) is 12.8 Å². The molecular weight excluding hydrogens is 330 g/mol. The van der Waals surface area contributed by atoms with Gasteiger partial charge in [-0.3, -0.25) is 4.79 Å². The molecule has 1 fully saturated rings. The van der Waals surface area contributed by atoms with Crippen LogP contribution in [0.2, 0.25) is 0 Å². The average Bonchev–Trinajstić information content (AvgIpc) is 2.93. The number of carbonyl (C=O) groups excluding carboxylic acids is 1. The summed E-state index contributed by atoms with van der Waals surface area (Å²) in [6.45, 7) is 0.433. The molecule has 0 radical (unpaired) electrons. The first-order valence-electron chi connectivity index (χ1n) is 6.71. The van der Waals surface area contributed by atoms with Crippen LogP contribution in [0.1, 0.15) is 34.8 Å². The predicted molar refractivity (Wildman–Crippen MR) is 80.1 cm³/mol. The van der Waals surface area contributed by atoms with E-state index in [1.165, 1.54) is 9.69 Å². The Labute approximate surface area is 132 Å². The van der Waals surface area contributed by atoms with E-state index in [1.54, 1.807) is 0 Å². The van der Waals surface area contributed by atoms with Gasteiger partial charge in [0.25, 0.3) is 0 Å². The third-order valence-corrected chi connectivity index (χ3v) is 5.50. The normalized spacial score (nSPS) is 19.8. The van der Waals surface area contributed by atoms with Crippen molar-refractivity contribution in [2.45, 2.75) is 31.8 Å². The van der Waals surface area contributed by atoms with E-state index in [2.05, 4.69) is 10.3 Å². The fraction of sp³-hybridized carbons (Fsp3) is 0.583. The number of piperidine rings is 1. The number of carbonyl (C=O) groups is 2. The summed E-state index contributed by atoms with van der Waals surface area (Å²) < 4.78 is 24.7. The molecule has 1 atom stereocenters. The van der Waals surface area contributed by atoms with Gasteiger partial charge in [-0.1, -0.05) is 6.42 Å². The Kier molecular flexibility index (Phi) is 5.14. The Balaban J connectivity index is 1.99. The van der Waals surface area contributed by atoms with Crippen LogP contribution in [0, 0.1) is 0 Å². The summed E-state index contributed by atoms with van der Waals surface area (Å²) in [4.78, 5) is 26.8. The lowest BCUT2D eigenvalue weighted by molar-refractivity contribution is -0.125. The Morgan fingerprint density at radius 2 is 2.23 bits per heavy atom. The number of thiazole rings is 1. The fourth-order valence-electron chi connectivity index (χ4n) is 2.33. The molecule has 2 heterocycles. The van der Waals surface area contributed by atoms with Crippen LogP contribution in [0.25, 0.3) is 0 Å². The minimum Gasteiger partial charge on any atom is -0.476 e. The topological polar surface area (TPSA) is 117 Å². The zero-order chi connectivity index (χ0) is 16.3. The predicted octanol–water partition coefficient (Wildman–Crippen LogP) is 0.272. The molecule has 0 aliphatic carbocycles. The number of nitrogens with zero attached hydrogens (tertiary/aromatic N) is 2. The molecule has 10 heteroatoms. The molecule has 22 heavy (non-hydrogen) atoms. The summed E-state index contributed by atoms with van der Waals surface area (Å²) in [7, 11) is -3.43. The molecule has 1 aromatic rings. The molecule has 0 saturated carbocycles. The zero-order valence-electron chi connectivity index (χ0n) is 12.0. The molecule has 1 amide bonds. The number of sulfonamides is 1. The van der Waals surface area contributed by atoms with Gasteiger partial charge in [0, 0.05) is 11.9 Å². The quantitative estimate of drug-likeness (QED) is 0.790.